The summed E-state index contributed by atoms with van der Waals surface area (Å²) in [5, 5.41) is -1.81. The Morgan fingerprint density at radius 1 is 1.19 bits per heavy atom. The molecule has 1 aromatic rings. The van der Waals surface area contributed by atoms with E-state index in [0.29, 0.717) is 11.8 Å². The Labute approximate surface area is 124 Å². The van der Waals surface area contributed by atoms with Gasteiger partial charge in [-0.25, -0.2) is 9.38 Å². The normalized spacial score (nSPS) is 13.7. The third-order valence-electron chi connectivity index (χ3n) is 2.09. The van der Waals surface area contributed by atoms with Crippen molar-refractivity contribution in [3.8, 4) is 0 Å². The van der Waals surface area contributed by atoms with E-state index in [-0.39, 0.29) is 10.5 Å². The van der Waals surface area contributed by atoms with Crippen LogP contribution in [0.3, 0.4) is 0 Å². The first-order chi connectivity index (χ1) is 9.40. The number of hydrogen-bond donors (Lipinski definition) is 0. The van der Waals surface area contributed by atoms with Gasteiger partial charge in [0.1, 0.15) is 11.5 Å². The molecule has 0 spiro atoms. The second kappa shape index (κ2) is 6.43. The summed E-state index contributed by atoms with van der Waals surface area (Å²) >= 11 is 5.20. The van der Waals surface area contributed by atoms with Gasteiger partial charge in [-0.05, 0) is 24.6 Å². The zero-order valence-corrected chi connectivity index (χ0v) is 11.8. The Bertz CT molecular complexity index is 551. The fraction of sp³-hybridized carbons (Fsp3) is 0.364. The maximum absolute atomic E-state index is 13.5. The summed E-state index contributed by atoms with van der Waals surface area (Å²) in [7, 11) is 0. The Hall–Kier alpha value is -0.960. The van der Waals surface area contributed by atoms with Crippen LogP contribution in [-0.4, -0.2) is 23.3 Å². The van der Waals surface area contributed by atoms with Crippen LogP contribution >= 0.6 is 23.4 Å². The molecule has 0 N–H and O–H groups in total. The van der Waals surface area contributed by atoms with Crippen LogP contribution < -0.4 is 0 Å². The van der Waals surface area contributed by atoms with Gasteiger partial charge in [0.2, 0.25) is 5.17 Å². The highest BCUT2D eigenvalue weighted by molar-refractivity contribution is 7.99. The number of nitrogens with zero attached hydrogens (tertiary/aromatic N) is 1. The molecule has 0 aliphatic carbocycles. The molecular weight excluding hydrogens is 347 g/mol. The molecule has 0 atom stereocenters. The van der Waals surface area contributed by atoms with E-state index in [0.717, 1.165) is 12.1 Å². The van der Waals surface area contributed by atoms with E-state index in [1.165, 1.54) is 6.92 Å². The standard InChI is InChI=1S/C11H7ClF7NS/c1-5-2-6(13)7(20-9(12)11(17,18)19)3-8(5)21-4-10(14,15)16/h2-3H,4H2,1H3. The van der Waals surface area contributed by atoms with Gasteiger partial charge in [0.05, 0.1) is 5.75 Å². The first-order valence-electron chi connectivity index (χ1n) is 5.21. The van der Waals surface area contributed by atoms with Gasteiger partial charge in [-0.2, -0.15) is 26.3 Å². The number of thioether (sulfide) groups is 1. The molecule has 0 aliphatic heterocycles. The van der Waals surface area contributed by atoms with E-state index in [4.69, 9.17) is 11.6 Å². The fourth-order valence-corrected chi connectivity index (χ4v) is 2.10. The van der Waals surface area contributed by atoms with Crippen molar-refractivity contribution in [2.45, 2.75) is 24.2 Å². The summed E-state index contributed by atoms with van der Waals surface area (Å²) in [5.74, 6) is -2.36. The van der Waals surface area contributed by atoms with Gasteiger partial charge in [-0.15, -0.1) is 11.8 Å². The molecule has 118 valence electrons. The third kappa shape index (κ3) is 5.74. The van der Waals surface area contributed by atoms with E-state index in [9.17, 15) is 30.7 Å². The molecule has 0 heterocycles. The predicted octanol–water partition coefficient (Wildman–Crippen LogP) is 5.62. The largest absolute Gasteiger partial charge is 0.444 e. The van der Waals surface area contributed by atoms with Gasteiger partial charge in [0.25, 0.3) is 0 Å². The fourth-order valence-electron chi connectivity index (χ4n) is 1.21. The Kier molecular flexibility index (Phi) is 5.54. The lowest BCUT2D eigenvalue weighted by Gasteiger charge is -2.10. The van der Waals surface area contributed by atoms with Gasteiger partial charge in [0, 0.05) is 4.90 Å². The van der Waals surface area contributed by atoms with E-state index in [1.54, 1.807) is 0 Å². The summed E-state index contributed by atoms with van der Waals surface area (Å²) in [5.41, 5.74) is -0.614. The van der Waals surface area contributed by atoms with Crippen LogP contribution in [0.4, 0.5) is 36.4 Å². The van der Waals surface area contributed by atoms with Crippen molar-refractivity contribution in [1.29, 1.82) is 0 Å². The molecule has 10 heteroatoms. The summed E-state index contributed by atoms with van der Waals surface area (Å²) < 4.78 is 86.5. The molecular formula is C11H7ClF7NS. The number of benzene rings is 1. The van der Waals surface area contributed by atoms with Crippen molar-refractivity contribution >= 4 is 34.2 Å². The maximum atomic E-state index is 13.5. The molecule has 0 aromatic heterocycles. The lowest BCUT2D eigenvalue weighted by molar-refractivity contribution is -0.105. The van der Waals surface area contributed by atoms with Crippen LogP contribution in [0.2, 0.25) is 0 Å². The van der Waals surface area contributed by atoms with Crippen molar-refractivity contribution in [3.05, 3.63) is 23.5 Å². The monoisotopic (exact) mass is 353 g/mol. The highest BCUT2D eigenvalue weighted by Gasteiger charge is 2.35. The van der Waals surface area contributed by atoms with Gasteiger partial charge < -0.3 is 0 Å². The van der Waals surface area contributed by atoms with Gasteiger partial charge in [-0.1, -0.05) is 11.6 Å². The molecule has 0 unspecified atom stereocenters. The summed E-state index contributed by atoms with van der Waals surface area (Å²) in [6.07, 6.45) is -9.42. The summed E-state index contributed by atoms with van der Waals surface area (Å²) in [6.45, 7) is 1.33. The van der Waals surface area contributed by atoms with Gasteiger partial charge >= 0.3 is 12.4 Å². The zero-order valence-electron chi connectivity index (χ0n) is 10.2. The highest BCUT2D eigenvalue weighted by atomic mass is 35.5. The molecule has 0 aliphatic rings. The highest BCUT2D eigenvalue weighted by Crippen LogP contribution is 2.34. The Morgan fingerprint density at radius 2 is 1.76 bits per heavy atom. The summed E-state index contributed by atoms with van der Waals surface area (Å²) in [4.78, 5) is 2.83. The minimum atomic E-state index is -4.96. The Morgan fingerprint density at radius 3 is 2.24 bits per heavy atom. The van der Waals surface area contributed by atoms with E-state index in [1.807, 2.05) is 0 Å². The van der Waals surface area contributed by atoms with Crippen LogP contribution in [-0.2, 0) is 0 Å². The SMILES string of the molecule is Cc1cc(F)c(N=C(Cl)C(F)(F)F)cc1SCC(F)(F)F. The number of halogens is 8. The number of rotatable bonds is 3. The van der Waals surface area contributed by atoms with E-state index < -0.39 is 34.8 Å². The van der Waals surface area contributed by atoms with Crippen LogP contribution in [0.15, 0.2) is 22.0 Å². The van der Waals surface area contributed by atoms with E-state index in [2.05, 4.69) is 4.99 Å². The van der Waals surface area contributed by atoms with Crippen molar-refractivity contribution < 1.29 is 30.7 Å². The van der Waals surface area contributed by atoms with E-state index >= 15 is 0 Å². The summed E-state index contributed by atoms with van der Waals surface area (Å²) in [6, 6.07) is 1.60. The average molecular weight is 354 g/mol. The number of aliphatic imine (C=N–C) groups is 1. The minimum Gasteiger partial charge on any atom is -0.229 e. The van der Waals surface area contributed by atoms with Crippen molar-refractivity contribution in [1.82, 2.24) is 0 Å². The van der Waals surface area contributed by atoms with Crippen LogP contribution in [0.5, 0.6) is 0 Å². The molecule has 0 bridgehead atoms. The topological polar surface area (TPSA) is 12.4 Å². The zero-order chi connectivity index (χ0) is 16.4. The first-order valence-corrected chi connectivity index (χ1v) is 6.57. The molecule has 0 saturated heterocycles. The predicted molar refractivity (Wildman–Crippen MR) is 66.9 cm³/mol. The minimum absolute atomic E-state index is 0.0286. The van der Waals surface area contributed by atoms with Crippen LogP contribution in [0.25, 0.3) is 0 Å². The number of aryl methyl sites for hydroxylation is 1. The van der Waals surface area contributed by atoms with Crippen molar-refractivity contribution in [2.24, 2.45) is 4.99 Å². The molecule has 21 heavy (non-hydrogen) atoms. The smallest absolute Gasteiger partial charge is 0.229 e. The van der Waals surface area contributed by atoms with Gasteiger partial charge in [-0.3, -0.25) is 0 Å². The quantitative estimate of drug-likeness (QED) is 0.390. The molecule has 0 saturated carbocycles. The lowest BCUT2D eigenvalue weighted by atomic mass is 10.2. The maximum Gasteiger partial charge on any atom is 0.444 e. The second-order valence-electron chi connectivity index (χ2n) is 3.87. The number of hydrogen-bond acceptors (Lipinski definition) is 2. The first kappa shape index (κ1) is 18.1. The number of alkyl halides is 6. The van der Waals surface area contributed by atoms with Crippen LogP contribution in [0.1, 0.15) is 5.56 Å². The second-order valence-corrected chi connectivity index (χ2v) is 5.25. The molecule has 1 nitrogen and oxygen atoms in total. The van der Waals surface area contributed by atoms with Crippen LogP contribution in [0, 0.1) is 12.7 Å². The Balaban J connectivity index is 3.12. The molecule has 0 radical (unpaired) electrons. The van der Waals surface area contributed by atoms with Gasteiger partial charge in [0.15, 0.2) is 0 Å². The molecule has 0 fully saturated rings. The molecule has 1 aromatic carbocycles. The van der Waals surface area contributed by atoms with Crippen molar-refractivity contribution in [2.75, 3.05) is 5.75 Å². The molecule has 1 rings (SSSR count). The van der Waals surface area contributed by atoms with Crippen molar-refractivity contribution in [3.63, 3.8) is 0 Å². The molecule has 0 amide bonds. The average Bonchev–Trinajstić information content (AvgIpc) is 2.28. The lowest BCUT2D eigenvalue weighted by Crippen LogP contribution is -2.16. The third-order valence-corrected chi connectivity index (χ3v) is 3.61.